The number of hydrogen-bond donors (Lipinski definition) is 2. The molecule has 1 aromatic carbocycles. The molecule has 1 aromatic heterocycles. The van der Waals surface area contributed by atoms with Crippen molar-refractivity contribution in [3.05, 3.63) is 46.2 Å². The fourth-order valence-corrected chi connectivity index (χ4v) is 2.49. The van der Waals surface area contributed by atoms with Gasteiger partial charge in [-0.1, -0.05) is 6.07 Å². The normalized spacial score (nSPS) is 10.3. The van der Waals surface area contributed by atoms with Crippen LogP contribution in [0.4, 0.5) is 11.4 Å². The molecule has 5 heteroatoms. The van der Waals surface area contributed by atoms with Crippen LogP contribution in [0.2, 0.25) is 0 Å². The van der Waals surface area contributed by atoms with Crippen molar-refractivity contribution < 1.29 is 9.90 Å². The van der Waals surface area contributed by atoms with Crippen LogP contribution in [0.5, 0.6) is 0 Å². The van der Waals surface area contributed by atoms with Crippen molar-refractivity contribution in [2.24, 2.45) is 0 Å². The van der Waals surface area contributed by atoms with Crippen molar-refractivity contribution in [2.45, 2.75) is 6.54 Å². The van der Waals surface area contributed by atoms with Crippen LogP contribution < -0.4 is 10.6 Å². The van der Waals surface area contributed by atoms with E-state index in [-0.39, 0.29) is 5.56 Å². The van der Waals surface area contributed by atoms with E-state index in [0.29, 0.717) is 12.2 Å². The molecule has 18 heavy (non-hydrogen) atoms. The highest BCUT2D eigenvalue weighted by molar-refractivity contribution is 7.09. The number of aromatic carboxylic acids is 1. The summed E-state index contributed by atoms with van der Waals surface area (Å²) in [5, 5.41) is 11.0. The highest BCUT2D eigenvalue weighted by Crippen LogP contribution is 2.25. The summed E-state index contributed by atoms with van der Waals surface area (Å²) in [4.78, 5) is 14.1. The third kappa shape index (κ3) is 2.62. The molecule has 2 aromatic rings. The van der Waals surface area contributed by atoms with E-state index >= 15 is 0 Å². The summed E-state index contributed by atoms with van der Waals surface area (Å²) < 4.78 is 0. The SMILES string of the molecule is CN(Cc1cccs1)c1cc(C(=O)O)ccc1N. The van der Waals surface area contributed by atoms with Gasteiger partial charge in [-0.2, -0.15) is 0 Å². The molecule has 0 aliphatic carbocycles. The summed E-state index contributed by atoms with van der Waals surface area (Å²) in [6.07, 6.45) is 0. The molecule has 0 radical (unpaired) electrons. The van der Waals surface area contributed by atoms with Crippen LogP contribution in [0, 0.1) is 0 Å². The van der Waals surface area contributed by atoms with Crippen LogP contribution in [0.25, 0.3) is 0 Å². The number of nitrogens with zero attached hydrogens (tertiary/aromatic N) is 1. The molecule has 0 aliphatic heterocycles. The van der Waals surface area contributed by atoms with Gasteiger partial charge in [-0.15, -0.1) is 11.3 Å². The Morgan fingerprint density at radius 2 is 2.22 bits per heavy atom. The molecule has 4 nitrogen and oxygen atoms in total. The quantitative estimate of drug-likeness (QED) is 0.831. The van der Waals surface area contributed by atoms with E-state index in [4.69, 9.17) is 10.8 Å². The Morgan fingerprint density at radius 1 is 1.44 bits per heavy atom. The average Bonchev–Trinajstić information content (AvgIpc) is 2.81. The maximum atomic E-state index is 10.9. The van der Waals surface area contributed by atoms with Gasteiger partial charge in [0.1, 0.15) is 0 Å². The lowest BCUT2D eigenvalue weighted by molar-refractivity contribution is 0.0697. The third-order valence-corrected chi connectivity index (χ3v) is 3.52. The Morgan fingerprint density at radius 3 is 2.83 bits per heavy atom. The van der Waals surface area contributed by atoms with Crippen LogP contribution in [-0.2, 0) is 6.54 Å². The monoisotopic (exact) mass is 262 g/mol. The molecule has 0 amide bonds. The molecule has 0 spiro atoms. The van der Waals surface area contributed by atoms with E-state index in [1.54, 1.807) is 23.5 Å². The van der Waals surface area contributed by atoms with Gasteiger partial charge in [0.25, 0.3) is 0 Å². The lowest BCUT2D eigenvalue weighted by Crippen LogP contribution is -2.17. The number of carboxylic acids is 1. The average molecular weight is 262 g/mol. The molecular weight excluding hydrogens is 248 g/mol. The predicted molar refractivity (Wildman–Crippen MR) is 74.2 cm³/mol. The molecule has 3 N–H and O–H groups in total. The van der Waals surface area contributed by atoms with Gasteiger partial charge in [0, 0.05) is 11.9 Å². The van der Waals surface area contributed by atoms with E-state index < -0.39 is 5.97 Å². The summed E-state index contributed by atoms with van der Waals surface area (Å²) in [5.74, 6) is -0.944. The Hall–Kier alpha value is -2.01. The Balaban J connectivity index is 2.26. The molecule has 0 unspecified atom stereocenters. The van der Waals surface area contributed by atoms with Gasteiger partial charge in [0.15, 0.2) is 0 Å². The predicted octanol–water partition coefficient (Wildman–Crippen LogP) is 2.66. The lowest BCUT2D eigenvalue weighted by Gasteiger charge is -2.20. The van der Waals surface area contributed by atoms with Crippen molar-refractivity contribution in [1.82, 2.24) is 0 Å². The zero-order chi connectivity index (χ0) is 13.1. The van der Waals surface area contributed by atoms with Crippen LogP contribution >= 0.6 is 11.3 Å². The lowest BCUT2D eigenvalue weighted by atomic mass is 10.1. The highest BCUT2D eigenvalue weighted by Gasteiger charge is 2.10. The van der Waals surface area contributed by atoms with Gasteiger partial charge in [-0.05, 0) is 29.6 Å². The standard InChI is InChI=1S/C13H14N2O2S/c1-15(8-10-3-2-6-18-10)12-7-9(13(16)17)4-5-11(12)14/h2-7H,8,14H2,1H3,(H,16,17). The highest BCUT2D eigenvalue weighted by atomic mass is 32.1. The fourth-order valence-electron chi connectivity index (χ4n) is 1.73. The summed E-state index contributed by atoms with van der Waals surface area (Å²) in [6, 6.07) is 8.78. The smallest absolute Gasteiger partial charge is 0.335 e. The minimum Gasteiger partial charge on any atom is -0.478 e. The van der Waals surface area contributed by atoms with E-state index in [0.717, 1.165) is 5.69 Å². The Labute approximate surface area is 109 Å². The molecule has 1 heterocycles. The number of carboxylic acid groups (broad SMARTS) is 1. The van der Waals surface area contributed by atoms with E-state index in [2.05, 4.69) is 0 Å². The molecule has 0 atom stereocenters. The summed E-state index contributed by atoms with van der Waals surface area (Å²) >= 11 is 1.66. The second-order valence-electron chi connectivity index (χ2n) is 4.01. The first-order valence-electron chi connectivity index (χ1n) is 5.44. The number of benzene rings is 1. The maximum absolute atomic E-state index is 10.9. The minimum absolute atomic E-state index is 0.247. The Kier molecular flexibility index (Phi) is 3.53. The molecule has 2 rings (SSSR count). The summed E-state index contributed by atoms with van der Waals surface area (Å²) in [7, 11) is 1.90. The van der Waals surface area contributed by atoms with Crippen molar-refractivity contribution in [1.29, 1.82) is 0 Å². The molecular formula is C13H14N2O2S. The van der Waals surface area contributed by atoms with Crippen LogP contribution in [-0.4, -0.2) is 18.1 Å². The molecule has 0 saturated heterocycles. The summed E-state index contributed by atoms with van der Waals surface area (Å²) in [5.41, 5.74) is 7.46. The fraction of sp³-hybridized carbons (Fsp3) is 0.154. The van der Waals surface area contributed by atoms with Gasteiger partial charge < -0.3 is 15.7 Å². The van der Waals surface area contributed by atoms with Crippen molar-refractivity contribution >= 4 is 28.7 Å². The van der Waals surface area contributed by atoms with E-state index in [1.165, 1.54) is 10.9 Å². The van der Waals surface area contributed by atoms with Gasteiger partial charge in [0.05, 0.1) is 23.5 Å². The maximum Gasteiger partial charge on any atom is 0.335 e. The first-order valence-corrected chi connectivity index (χ1v) is 6.32. The topological polar surface area (TPSA) is 66.6 Å². The van der Waals surface area contributed by atoms with Gasteiger partial charge >= 0.3 is 5.97 Å². The number of carbonyl (C=O) groups is 1. The number of thiophene rings is 1. The number of nitrogens with two attached hydrogens (primary N) is 1. The first kappa shape index (κ1) is 12.4. The molecule has 0 bridgehead atoms. The van der Waals surface area contributed by atoms with Crippen molar-refractivity contribution in [3.63, 3.8) is 0 Å². The zero-order valence-electron chi connectivity index (χ0n) is 9.96. The second kappa shape index (κ2) is 5.10. The van der Waals surface area contributed by atoms with Crippen LogP contribution in [0.15, 0.2) is 35.7 Å². The van der Waals surface area contributed by atoms with Gasteiger partial charge in [-0.3, -0.25) is 0 Å². The molecule has 0 fully saturated rings. The van der Waals surface area contributed by atoms with E-state index in [9.17, 15) is 4.79 Å². The van der Waals surface area contributed by atoms with E-state index in [1.807, 2.05) is 29.5 Å². The van der Waals surface area contributed by atoms with Gasteiger partial charge in [0.2, 0.25) is 0 Å². The number of hydrogen-bond acceptors (Lipinski definition) is 4. The number of rotatable bonds is 4. The zero-order valence-corrected chi connectivity index (χ0v) is 10.8. The van der Waals surface area contributed by atoms with Crippen LogP contribution in [0.3, 0.4) is 0 Å². The van der Waals surface area contributed by atoms with Gasteiger partial charge in [-0.25, -0.2) is 4.79 Å². The minimum atomic E-state index is -0.944. The third-order valence-electron chi connectivity index (χ3n) is 2.66. The number of anilines is 2. The number of nitrogen functional groups attached to an aromatic ring is 1. The summed E-state index contributed by atoms with van der Waals surface area (Å²) in [6.45, 7) is 0.713. The Bertz CT molecular complexity index is 552. The largest absolute Gasteiger partial charge is 0.478 e. The first-order chi connectivity index (χ1) is 8.58. The molecule has 0 aliphatic rings. The second-order valence-corrected chi connectivity index (χ2v) is 5.05. The van der Waals surface area contributed by atoms with Crippen LogP contribution in [0.1, 0.15) is 15.2 Å². The molecule has 94 valence electrons. The van der Waals surface area contributed by atoms with Crippen molar-refractivity contribution in [2.75, 3.05) is 17.7 Å². The molecule has 0 saturated carbocycles. The van der Waals surface area contributed by atoms with Crippen molar-refractivity contribution in [3.8, 4) is 0 Å².